The SMILES string of the molecule is C.C.C.CC.CN1C(C(=O)Nc2ccc(F)c(Cl)c2)CC(c2cc(Br)cs2)NS1(=O)=O.CN1C(C(=O)Nc2ccc(F)c(Cl)c2)CC(c2cc(OC=O)cs2)NS1(=O)=O.CNC(=S)NN.Cc1csc(C2CC(C(=O)Nc3ccc(F)c(Cl)c3)N(C)S(=O)(=O)N2)c1.O=C=O. The van der Waals surface area contributed by atoms with Crippen molar-refractivity contribution in [2.75, 3.05) is 44.1 Å². The molecule has 0 aliphatic carbocycles. The van der Waals surface area contributed by atoms with E-state index >= 15 is 0 Å². The summed E-state index contributed by atoms with van der Waals surface area (Å²) in [5.74, 6) is 1.69. The number of nitrogens with two attached hydrogens (primary N) is 1. The molecule has 3 amide bonds. The average molecular weight is 1580 g/mol. The molecule has 10 N–H and O–H groups in total. The molecule has 9 rings (SSSR count). The van der Waals surface area contributed by atoms with Crippen LogP contribution in [0.25, 0.3) is 0 Å². The first-order valence-corrected chi connectivity index (χ1v) is 35.3. The maximum Gasteiger partial charge on any atom is 0.373 e. The van der Waals surface area contributed by atoms with Crippen molar-refractivity contribution < 1.29 is 71.9 Å². The smallest absolute Gasteiger partial charge is 0.373 e. The van der Waals surface area contributed by atoms with Gasteiger partial charge in [0.05, 0.1) is 33.2 Å². The number of thiophene rings is 3. The molecule has 3 aliphatic rings. The zero-order chi connectivity index (χ0) is 68.3. The number of rotatable bonds is 11. The number of amides is 3. The fourth-order valence-electron chi connectivity index (χ4n) is 8.14. The first kappa shape index (κ1) is 86.4. The highest BCUT2D eigenvalue weighted by atomic mass is 79.9. The minimum atomic E-state index is -3.93. The monoisotopic (exact) mass is 1570 g/mol. The molecule has 94 heavy (non-hydrogen) atoms. The van der Waals surface area contributed by atoms with Gasteiger partial charge in [-0.25, -0.2) is 19.0 Å². The van der Waals surface area contributed by atoms with E-state index in [4.69, 9.17) is 55.0 Å². The van der Waals surface area contributed by atoms with Crippen LogP contribution in [0.3, 0.4) is 0 Å². The Hall–Kier alpha value is -5.58. The normalized spacial score (nSPS) is 19.8. The van der Waals surface area contributed by atoms with Crippen molar-refractivity contribution in [1.29, 1.82) is 0 Å². The molecule has 6 atom stereocenters. The van der Waals surface area contributed by atoms with Crippen LogP contribution in [0.2, 0.25) is 15.1 Å². The summed E-state index contributed by atoms with van der Waals surface area (Å²) in [4.78, 5) is 67.0. The third kappa shape index (κ3) is 24.5. The molecular weight excluding hydrogens is 1500 g/mol. The fourth-order valence-corrected chi connectivity index (χ4v) is 16.1. The third-order valence-corrected chi connectivity index (χ3v) is 22.7. The molecule has 39 heteroatoms. The van der Waals surface area contributed by atoms with E-state index in [9.17, 15) is 57.6 Å². The standard InChI is InChI=1S/C16H15ClFN3O5S2.C16H17ClFN3O3S2.C15H14BrClFN3O3S2.C2H7N3S.C2H6.CO2.3CH4/c1-21-14(16(23)19-9-2-3-12(18)11(17)4-9)6-13(20-28(21,24)25)15-5-10(7-27-15)26-8-22;1-9-5-15(25-8-9)13-7-14(21(2)26(23,24)20-13)16(22)19-10-3-4-12(18)11(17)6-10;1-21-13(15(22)19-9-2-3-11(18)10(17)5-9)6-12(20-26(21,23)24)14-4-8(16)7-25-14;1-4-2(6)5-3;1-2;2-1-3;;;/h2-5,7-8,13-14,20H,6H2,1H3,(H,19,23);3-6,8,13-14,20H,7H2,1-2H3,(H,19,22);2-5,7,12-13,20H,6H2,1H3,(H,19,22);3H2,1H3,(H2,4,5,6);1-2H3;;3*1H4. The Balaban J connectivity index is 0.000000643. The second-order valence-corrected chi connectivity index (χ2v) is 29.2. The van der Waals surface area contributed by atoms with Gasteiger partial charge in [0.25, 0.3) is 37.1 Å². The zero-order valence-corrected chi connectivity index (χ0v) is 58.1. The van der Waals surface area contributed by atoms with Gasteiger partial charge in [-0.1, -0.05) is 70.9 Å². The Morgan fingerprint density at radius 1 is 0.628 bits per heavy atom. The summed E-state index contributed by atoms with van der Waals surface area (Å²) in [5.41, 5.74) is 4.11. The van der Waals surface area contributed by atoms with E-state index < -0.39 is 102 Å². The number of hydrazine groups is 1. The van der Waals surface area contributed by atoms with Crippen molar-refractivity contribution in [3.63, 3.8) is 0 Å². The van der Waals surface area contributed by atoms with Crippen LogP contribution in [0.4, 0.5) is 30.2 Å². The van der Waals surface area contributed by atoms with Gasteiger partial charge in [-0.3, -0.25) is 19.2 Å². The lowest BCUT2D eigenvalue weighted by molar-refractivity contribution is -0.191. The number of likely N-dealkylation sites (N-methyl/N-ethyl adjacent to an activating group) is 3. The van der Waals surface area contributed by atoms with E-state index in [1.165, 1.54) is 97.6 Å². The van der Waals surface area contributed by atoms with Crippen LogP contribution in [-0.2, 0) is 59.4 Å². The maximum atomic E-state index is 13.3. The molecule has 6 unspecified atom stereocenters. The molecule has 6 aromatic rings. The van der Waals surface area contributed by atoms with Crippen molar-refractivity contribution >= 4 is 180 Å². The first-order chi connectivity index (χ1) is 42.8. The highest BCUT2D eigenvalue weighted by Gasteiger charge is 2.44. The molecule has 3 fully saturated rings. The summed E-state index contributed by atoms with van der Waals surface area (Å²) in [6, 6.07) is 12.0. The van der Waals surface area contributed by atoms with Crippen LogP contribution in [0.1, 0.15) is 93.7 Å². The lowest BCUT2D eigenvalue weighted by atomic mass is 10.0. The van der Waals surface area contributed by atoms with E-state index in [-0.39, 0.29) is 80.7 Å². The van der Waals surface area contributed by atoms with Gasteiger partial charge in [0, 0.05) is 75.1 Å². The lowest BCUT2D eigenvalue weighted by Crippen LogP contribution is -2.55. The Morgan fingerprint density at radius 2 is 0.947 bits per heavy atom. The molecular formula is C55H71BrCl3F3N12O13S7. The van der Waals surface area contributed by atoms with E-state index in [0.717, 1.165) is 50.9 Å². The molecule has 0 spiro atoms. The first-order valence-electron chi connectivity index (χ1n) is 26.0. The van der Waals surface area contributed by atoms with Crippen LogP contribution in [0.15, 0.2) is 93.4 Å². The molecule has 520 valence electrons. The number of carbonyl (C=O) groups excluding carboxylic acids is 6. The van der Waals surface area contributed by atoms with Gasteiger partial charge in [-0.15, -0.1) is 34.0 Å². The number of nitrogens with one attached hydrogen (secondary N) is 8. The van der Waals surface area contributed by atoms with Crippen molar-refractivity contribution in [3.05, 3.63) is 146 Å². The van der Waals surface area contributed by atoms with E-state index in [1.54, 1.807) is 12.4 Å². The van der Waals surface area contributed by atoms with E-state index in [1.807, 2.05) is 43.7 Å². The van der Waals surface area contributed by atoms with Crippen LogP contribution < -0.4 is 51.4 Å². The molecule has 0 radical (unpaired) electrons. The van der Waals surface area contributed by atoms with Crippen molar-refractivity contribution in [2.24, 2.45) is 5.84 Å². The van der Waals surface area contributed by atoms with Gasteiger partial charge >= 0.3 is 6.15 Å². The van der Waals surface area contributed by atoms with Gasteiger partial charge in [0.15, 0.2) is 5.11 Å². The predicted octanol–water partition coefficient (Wildman–Crippen LogP) is 10.2. The predicted molar refractivity (Wildman–Crippen MR) is 371 cm³/mol. The van der Waals surface area contributed by atoms with Crippen LogP contribution in [0.5, 0.6) is 5.75 Å². The van der Waals surface area contributed by atoms with Crippen molar-refractivity contribution in [1.82, 2.24) is 37.8 Å². The highest BCUT2D eigenvalue weighted by Crippen LogP contribution is 2.37. The quantitative estimate of drug-likeness (QED) is 0.0252. The van der Waals surface area contributed by atoms with Crippen molar-refractivity contribution in [2.45, 2.75) is 98.6 Å². The molecule has 0 saturated carbocycles. The summed E-state index contributed by atoms with van der Waals surface area (Å²) in [6.45, 7) is 6.20. The van der Waals surface area contributed by atoms with Gasteiger partial charge < -0.3 is 31.4 Å². The minimum absolute atomic E-state index is 0. The molecule has 3 aromatic carbocycles. The number of nitrogens with zero attached hydrogens (tertiary/aromatic N) is 3. The molecule has 3 aliphatic heterocycles. The molecule has 6 heterocycles. The average Bonchev–Trinajstić information content (AvgIpc) is 1.17. The van der Waals surface area contributed by atoms with Gasteiger partial charge in [0.2, 0.25) is 17.7 Å². The Bertz CT molecular complexity index is 3770. The summed E-state index contributed by atoms with van der Waals surface area (Å²) in [6.07, 6.45) is 0.914. The highest BCUT2D eigenvalue weighted by molar-refractivity contribution is 9.10. The topological polar surface area (TPSA) is 346 Å². The maximum absolute atomic E-state index is 13.3. The van der Waals surface area contributed by atoms with Gasteiger partial charge in [-0.05, 0) is 138 Å². The third-order valence-electron chi connectivity index (χ3n) is 12.7. The Kier molecular flexibility index (Phi) is 36.4. The molecule has 25 nitrogen and oxygen atoms in total. The number of hydrogen-bond donors (Lipinski definition) is 9. The molecule has 0 bridgehead atoms. The van der Waals surface area contributed by atoms with Gasteiger partial charge in [0.1, 0.15) is 41.3 Å². The number of benzene rings is 3. The van der Waals surface area contributed by atoms with Crippen LogP contribution in [-0.4, -0.2) is 120 Å². The summed E-state index contributed by atoms with van der Waals surface area (Å²) >= 11 is 29.0. The summed E-state index contributed by atoms with van der Waals surface area (Å²) in [7, 11) is -5.89. The number of carbonyl (C=O) groups is 4. The summed E-state index contributed by atoms with van der Waals surface area (Å²) < 4.78 is 130. The minimum Gasteiger partial charge on any atom is -0.428 e. The van der Waals surface area contributed by atoms with E-state index in [2.05, 4.69) is 69.0 Å². The second-order valence-electron chi connectivity index (χ2n) is 18.6. The fraction of sp³-hybridized carbons (Fsp3) is 0.345. The zero-order valence-electron chi connectivity index (χ0n) is 48.6. The number of hydrogen-bond acceptors (Lipinski definition) is 18. The van der Waals surface area contributed by atoms with Crippen LogP contribution >= 0.6 is 97.0 Å². The van der Waals surface area contributed by atoms with Crippen LogP contribution in [0, 0.1) is 24.4 Å². The number of aryl methyl sites for hydroxylation is 1. The number of halogens is 7. The Labute approximate surface area is 585 Å². The Morgan fingerprint density at radius 3 is 1.21 bits per heavy atom. The number of anilines is 3. The second kappa shape index (κ2) is 39.6. The van der Waals surface area contributed by atoms with Gasteiger partial charge in [-0.2, -0.15) is 61.9 Å². The number of thiocarbonyl (C=S) groups is 1. The largest absolute Gasteiger partial charge is 0.428 e. The summed E-state index contributed by atoms with van der Waals surface area (Å²) in [5, 5.41) is 15.7. The van der Waals surface area contributed by atoms with E-state index in [0.29, 0.717) is 21.4 Å². The lowest BCUT2D eigenvalue weighted by Gasteiger charge is -2.35. The van der Waals surface area contributed by atoms with Crippen molar-refractivity contribution in [3.8, 4) is 5.75 Å². The molecule has 3 saturated heterocycles. The molecule has 3 aromatic heterocycles. The number of ether oxygens (including phenoxy) is 1.